The maximum Gasteiger partial charge on any atom is 0.269 e. The van der Waals surface area contributed by atoms with Gasteiger partial charge in [-0.3, -0.25) is 14.9 Å². The second-order valence-corrected chi connectivity index (χ2v) is 5.59. The van der Waals surface area contributed by atoms with Crippen LogP contribution in [-0.2, 0) is 4.79 Å². The Bertz CT molecular complexity index is 518. The Hall–Kier alpha value is -1.99. The third-order valence-corrected chi connectivity index (χ3v) is 3.88. The molecule has 1 fully saturated rings. The van der Waals surface area contributed by atoms with Gasteiger partial charge in [0.2, 0.25) is 5.91 Å². The molecule has 2 N–H and O–H groups in total. The highest BCUT2D eigenvalue weighted by Gasteiger charge is 2.19. The topological polar surface area (TPSA) is 95.7 Å². The van der Waals surface area contributed by atoms with Crippen molar-refractivity contribution in [3.05, 3.63) is 34.4 Å². The average molecular weight is 307 g/mol. The number of nitro groups is 1. The van der Waals surface area contributed by atoms with Crippen LogP contribution >= 0.6 is 0 Å². The van der Waals surface area contributed by atoms with Crippen molar-refractivity contribution in [3.8, 4) is 0 Å². The minimum Gasteiger partial charge on any atom is -0.396 e. The fourth-order valence-electron chi connectivity index (χ4n) is 2.65. The molecule has 0 radical (unpaired) electrons. The molecular weight excluding hydrogens is 286 g/mol. The van der Waals surface area contributed by atoms with E-state index >= 15 is 0 Å². The van der Waals surface area contributed by atoms with Crippen LogP contribution in [0.15, 0.2) is 24.3 Å². The van der Waals surface area contributed by atoms with Crippen LogP contribution in [0.4, 0.5) is 11.4 Å². The van der Waals surface area contributed by atoms with Gasteiger partial charge in [-0.15, -0.1) is 0 Å². The van der Waals surface area contributed by atoms with Crippen LogP contribution in [0, 0.1) is 16.0 Å². The van der Waals surface area contributed by atoms with Gasteiger partial charge in [0.05, 0.1) is 4.92 Å². The summed E-state index contributed by atoms with van der Waals surface area (Å²) in [6, 6.07) is 5.79. The lowest BCUT2D eigenvalue weighted by Gasteiger charge is -2.31. The first-order valence-electron chi connectivity index (χ1n) is 7.46. The molecule has 1 unspecified atom stereocenters. The molecule has 1 aromatic rings. The molecule has 1 aliphatic rings. The second-order valence-electron chi connectivity index (χ2n) is 5.59. The molecule has 2 rings (SSSR count). The number of non-ortho nitro benzene ring substituents is 1. The molecule has 1 saturated heterocycles. The lowest BCUT2D eigenvalue weighted by Crippen LogP contribution is -2.38. The number of likely N-dealkylation sites (tertiary alicyclic amines) is 1. The summed E-state index contributed by atoms with van der Waals surface area (Å²) in [6.45, 7) is 2.66. The third kappa shape index (κ3) is 4.78. The van der Waals surface area contributed by atoms with E-state index < -0.39 is 4.92 Å². The van der Waals surface area contributed by atoms with Gasteiger partial charge in [0.25, 0.3) is 5.69 Å². The van der Waals surface area contributed by atoms with E-state index in [1.165, 1.54) is 24.3 Å². The smallest absolute Gasteiger partial charge is 0.269 e. The number of hydrogen-bond donors (Lipinski definition) is 2. The summed E-state index contributed by atoms with van der Waals surface area (Å²) in [5.74, 6) is 0.200. The maximum atomic E-state index is 11.9. The number of rotatable bonds is 6. The van der Waals surface area contributed by atoms with Gasteiger partial charge < -0.3 is 15.3 Å². The highest BCUT2D eigenvalue weighted by Crippen LogP contribution is 2.17. The van der Waals surface area contributed by atoms with E-state index in [0.29, 0.717) is 24.6 Å². The number of benzene rings is 1. The van der Waals surface area contributed by atoms with Crippen LogP contribution in [0.1, 0.15) is 19.3 Å². The molecule has 1 amide bonds. The van der Waals surface area contributed by atoms with Gasteiger partial charge in [0.1, 0.15) is 0 Å². The summed E-state index contributed by atoms with van der Waals surface area (Å²) in [7, 11) is 0. The molecule has 7 heteroatoms. The quantitative estimate of drug-likeness (QED) is 0.615. The molecule has 120 valence electrons. The van der Waals surface area contributed by atoms with Crippen molar-refractivity contribution in [1.29, 1.82) is 0 Å². The molecular formula is C15H21N3O4. The summed E-state index contributed by atoms with van der Waals surface area (Å²) in [4.78, 5) is 24.2. The van der Waals surface area contributed by atoms with Gasteiger partial charge in [-0.1, -0.05) is 0 Å². The molecule has 0 spiro atoms. The normalized spacial score (nSPS) is 18.9. The predicted molar refractivity (Wildman–Crippen MR) is 82.6 cm³/mol. The number of aliphatic hydroxyl groups is 1. The first-order valence-corrected chi connectivity index (χ1v) is 7.46. The molecule has 1 aromatic carbocycles. The van der Waals surface area contributed by atoms with E-state index in [1.807, 2.05) is 0 Å². The van der Waals surface area contributed by atoms with Crippen LogP contribution < -0.4 is 5.32 Å². The van der Waals surface area contributed by atoms with E-state index in [1.54, 1.807) is 0 Å². The second kappa shape index (κ2) is 7.86. The van der Waals surface area contributed by atoms with Crippen molar-refractivity contribution in [1.82, 2.24) is 4.90 Å². The minimum atomic E-state index is -0.473. The molecule has 7 nitrogen and oxygen atoms in total. The number of nitrogens with zero attached hydrogens (tertiary/aromatic N) is 2. The first kappa shape index (κ1) is 16.4. The van der Waals surface area contributed by atoms with Gasteiger partial charge in [-0.25, -0.2) is 0 Å². The summed E-state index contributed by atoms with van der Waals surface area (Å²) < 4.78 is 0. The van der Waals surface area contributed by atoms with Crippen LogP contribution in [-0.4, -0.2) is 47.1 Å². The summed E-state index contributed by atoms with van der Waals surface area (Å²) in [6.07, 6.45) is 2.46. The Kier molecular flexibility index (Phi) is 5.85. The zero-order chi connectivity index (χ0) is 15.9. The van der Waals surface area contributed by atoms with E-state index in [0.717, 1.165) is 25.9 Å². The standard InChI is InChI=1S/C15H21N3O4/c19-11-12-2-1-8-17(10-12)9-7-15(20)16-13-3-5-14(6-4-13)18(21)22/h3-6,12,19H,1-2,7-11H2,(H,16,20). The number of nitro benzene ring substituents is 1. The fraction of sp³-hybridized carbons (Fsp3) is 0.533. The summed E-state index contributed by atoms with van der Waals surface area (Å²) in [5.41, 5.74) is 0.559. The number of carbonyl (C=O) groups excluding carboxylic acids is 1. The number of hydrogen-bond acceptors (Lipinski definition) is 5. The van der Waals surface area contributed by atoms with E-state index in [-0.39, 0.29) is 18.2 Å². The van der Waals surface area contributed by atoms with E-state index in [2.05, 4.69) is 10.2 Å². The Labute approximate surface area is 129 Å². The zero-order valence-electron chi connectivity index (χ0n) is 12.4. The fourth-order valence-corrected chi connectivity index (χ4v) is 2.65. The van der Waals surface area contributed by atoms with Crippen LogP contribution in [0.2, 0.25) is 0 Å². The lowest BCUT2D eigenvalue weighted by molar-refractivity contribution is -0.384. The van der Waals surface area contributed by atoms with Gasteiger partial charge in [0, 0.05) is 43.9 Å². The van der Waals surface area contributed by atoms with Crippen LogP contribution in [0.3, 0.4) is 0 Å². The summed E-state index contributed by atoms with van der Waals surface area (Å²) in [5, 5.41) is 22.5. The molecule has 1 atom stereocenters. The van der Waals surface area contributed by atoms with Crippen molar-refractivity contribution in [2.24, 2.45) is 5.92 Å². The number of carbonyl (C=O) groups is 1. The van der Waals surface area contributed by atoms with Crippen molar-refractivity contribution in [3.63, 3.8) is 0 Å². The molecule has 1 aliphatic heterocycles. The van der Waals surface area contributed by atoms with Crippen molar-refractivity contribution in [2.75, 3.05) is 31.6 Å². The third-order valence-electron chi connectivity index (χ3n) is 3.88. The molecule has 0 saturated carbocycles. The van der Waals surface area contributed by atoms with Crippen molar-refractivity contribution in [2.45, 2.75) is 19.3 Å². The predicted octanol–water partition coefficient (Wildman–Crippen LogP) is 1.63. The van der Waals surface area contributed by atoms with Gasteiger partial charge in [-0.2, -0.15) is 0 Å². The SMILES string of the molecule is O=C(CCN1CCCC(CO)C1)Nc1ccc([N+](=O)[O-])cc1. The zero-order valence-corrected chi connectivity index (χ0v) is 12.4. The number of piperidine rings is 1. The largest absolute Gasteiger partial charge is 0.396 e. The minimum absolute atomic E-state index is 0.00126. The van der Waals surface area contributed by atoms with Crippen LogP contribution in [0.5, 0.6) is 0 Å². The van der Waals surface area contributed by atoms with Crippen molar-refractivity contribution < 1.29 is 14.8 Å². The Morgan fingerprint density at radius 1 is 1.41 bits per heavy atom. The highest BCUT2D eigenvalue weighted by molar-refractivity contribution is 5.90. The number of anilines is 1. The highest BCUT2D eigenvalue weighted by atomic mass is 16.6. The molecule has 0 bridgehead atoms. The van der Waals surface area contributed by atoms with Crippen molar-refractivity contribution >= 4 is 17.3 Å². The molecule has 1 heterocycles. The summed E-state index contributed by atoms with van der Waals surface area (Å²) >= 11 is 0. The average Bonchev–Trinajstić information content (AvgIpc) is 2.53. The molecule has 0 aliphatic carbocycles. The monoisotopic (exact) mass is 307 g/mol. The molecule has 0 aromatic heterocycles. The Balaban J connectivity index is 1.76. The Morgan fingerprint density at radius 2 is 2.14 bits per heavy atom. The van der Waals surface area contributed by atoms with Crippen LogP contribution in [0.25, 0.3) is 0 Å². The molecule has 22 heavy (non-hydrogen) atoms. The lowest BCUT2D eigenvalue weighted by atomic mass is 9.99. The van der Waals surface area contributed by atoms with E-state index in [9.17, 15) is 20.0 Å². The van der Waals surface area contributed by atoms with Gasteiger partial charge in [0.15, 0.2) is 0 Å². The first-order chi connectivity index (χ1) is 10.6. The van der Waals surface area contributed by atoms with Gasteiger partial charge in [-0.05, 0) is 37.4 Å². The number of nitrogens with one attached hydrogen (secondary N) is 1. The number of amides is 1. The number of aliphatic hydroxyl groups excluding tert-OH is 1. The van der Waals surface area contributed by atoms with Gasteiger partial charge >= 0.3 is 0 Å². The maximum absolute atomic E-state index is 11.9. The Morgan fingerprint density at radius 3 is 2.77 bits per heavy atom. The van der Waals surface area contributed by atoms with E-state index in [4.69, 9.17) is 0 Å².